The zero-order valence-electron chi connectivity index (χ0n) is 21.9. The molecular formula is C29H36FN3O3S. The van der Waals surface area contributed by atoms with Gasteiger partial charge in [0.15, 0.2) is 0 Å². The Balaban J connectivity index is 1.37. The molecule has 198 valence electrons. The average molecular weight is 526 g/mol. The van der Waals surface area contributed by atoms with Crippen molar-refractivity contribution < 1.29 is 17.6 Å². The summed E-state index contributed by atoms with van der Waals surface area (Å²) in [4.78, 5) is 17.4. The van der Waals surface area contributed by atoms with E-state index in [4.69, 9.17) is 0 Å². The first kappa shape index (κ1) is 27.2. The zero-order valence-corrected chi connectivity index (χ0v) is 22.7. The molecule has 0 aliphatic carbocycles. The maximum absolute atomic E-state index is 13.4. The number of hydrogen-bond donors (Lipinski definition) is 0. The minimum Gasteiger partial charge on any atom is -0.337 e. The molecule has 1 heterocycles. The Kier molecular flexibility index (Phi) is 8.31. The number of halogens is 1. The molecule has 0 N–H and O–H groups in total. The molecule has 0 radical (unpaired) electrons. The van der Waals surface area contributed by atoms with Crippen LogP contribution >= 0.6 is 0 Å². The Labute approximate surface area is 219 Å². The molecule has 0 unspecified atom stereocenters. The number of hydrogen-bond acceptors (Lipinski definition) is 4. The first-order chi connectivity index (χ1) is 17.5. The number of rotatable bonds is 8. The summed E-state index contributed by atoms with van der Waals surface area (Å²) in [5.74, 6) is -0.234. The standard InChI is InChI=1S/C29H36FN3O3S/c1-29(2,3)21-28(34)32(22-23-8-11-26(30)12-9-23)17-14-31-15-18-33(19-16-31)37(35,36)27-13-10-24-6-4-5-7-25(24)20-27/h4-13,20H,14-19,21-22H2,1-3H3. The topological polar surface area (TPSA) is 60.9 Å². The molecule has 0 saturated carbocycles. The number of carbonyl (C=O) groups is 1. The highest BCUT2D eigenvalue weighted by molar-refractivity contribution is 7.89. The van der Waals surface area contributed by atoms with Gasteiger partial charge in [0.2, 0.25) is 15.9 Å². The van der Waals surface area contributed by atoms with Crippen molar-refractivity contribution in [2.75, 3.05) is 39.3 Å². The van der Waals surface area contributed by atoms with Crippen molar-refractivity contribution in [3.8, 4) is 0 Å². The maximum atomic E-state index is 13.4. The Bertz CT molecular complexity index is 1330. The average Bonchev–Trinajstić information content (AvgIpc) is 2.86. The van der Waals surface area contributed by atoms with Crippen LogP contribution in [0.1, 0.15) is 32.8 Å². The predicted molar refractivity (Wildman–Crippen MR) is 145 cm³/mol. The van der Waals surface area contributed by atoms with E-state index in [9.17, 15) is 17.6 Å². The first-order valence-electron chi connectivity index (χ1n) is 12.7. The van der Waals surface area contributed by atoms with Crippen LogP contribution in [0.2, 0.25) is 0 Å². The molecule has 1 amide bonds. The number of sulfonamides is 1. The van der Waals surface area contributed by atoms with Gasteiger partial charge in [0.25, 0.3) is 0 Å². The lowest BCUT2D eigenvalue weighted by Gasteiger charge is -2.35. The fraction of sp³-hybridized carbons (Fsp3) is 0.414. The van der Waals surface area contributed by atoms with Crippen LogP contribution in [-0.4, -0.2) is 67.7 Å². The van der Waals surface area contributed by atoms with Gasteiger partial charge in [-0.05, 0) is 46.0 Å². The highest BCUT2D eigenvalue weighted by Gasteiger charge is 2.29. The van der Waals surface area contributed by atoms with E-state index in [-0.39, 0.29) is 17.1 Å². The van der Waals surface area contributed by atoms with E-state index in [1.807, 2.05) is 56.0 Å². The number of benzene rings is 3. The van der Waals surface area contributed by atoms with Crippen LogP contribution in [0.15, 0.2) is 71.6 Å². The minimum atomic E-state index is -3.57. The molecule has 1 fully saturated rings. The van der Waals surface area contributed by atoms with Crippen LogP contribution in [0, 0.1) is 11.2 Å². The summed E-state index contributed by atoms with van der Waals surface area (Å²) in [7, 11) is -3.57. The fourth-order valence-electron chi connectivity index (χ4n) is 4.60. The second kappa shape index (κ2) is 11.3. The third-order valence-electron chi connectivity index (χ3n) is 6.70. The molecule has 1 saturated heterocycles. The van der Waals surface area contributed by atoms with Gasteiger partial charge in [-0.2, -0.15) is 4.31 Å². The predicted octanol–water partition coefficient (Wildman–Crippen LogP) is 4.75. The van der Waals surface area contributed by atoms with Gasteiger partial charge in [-0.15, -0.1) is 0 Å². The SMILES string of the molecule is CC(C)(C)CC(=O)N(CCN1CCN(S(=O)(=O)c2ccc3ccccc3c2)CC1)Cc1ccc(F)cc1. The molecule has 0 aromatic heterocycles. The van der Waals surface area contributed by atoms with Gasteiger partial charge in [0, 0.05) is 52.2 Å². The van der Waals surface area contributed by atoms with Crippen LogP contribution in [-0.2, 0) is 21.4 Å². The fourth-order valence-corrected chi connectivity index (χ4v) is 6.06. The summed E-state index contributed by atoms with van der Waals surface area (Å²) in [6, 6.07) is 19.3. The molecule has 3 aromatic rings. The van der Waals surface area contributed by atoms with Gasteiger partial charge in [-0.3, -0.25) is 9.69 Å². The highest BCUT2D eigenvalue weighted by atomic mass is 32.2. The zero-order chi connectivity index (χ0) is 26.6. The van der Waals surface area contributed by atoms with Crippen molar-refractivity contribution in [2.24, 2.45) is 5.41 Å². The summed E-state index contributed by atoms with van der Waals surface area (Å²) in [6.45, 7) is 9.74. The summed E-state index contributed by atoms with van der Waals surface area (Å²) < 4.78 is 41.5. The van der Waals surface area contributed by atoms with E-state index in [1.165, 1.54) is 12.1 Å². The molecule has 0 atom stereocenters. The van der Waals surface area contributed by atoms with Gasteiger partial charge >= 0.3 is 0 Å². The van der Waals surface area contributed by atoms with Gasteiger partial charge in [-0.25, -0.2) is 12.8 Å². The highest BCUT2D eigenvalue weighted by Crippen LogP contribution is 2.24. The molecule has 1 aliphatic rings. The van der Waals surface area contributed by atoms with Crippen molar-refractivity contribution >= 4 is 26.7 Å². The lowest BCUT2D eigenvalue weighted by atomic mass is 9.91. The third-order valence-corrected chi connectivity index (χ3v) is 8.59. The van der Waals surface area contributed by atoms with Gasteiger partial charge in [-0.1, -0.05) is 63.2 Å². The van der Waals surface area contributed by atoms with Crippen molar-refractivity contribution in [2.45, 2.75) is 38.6 Å². The van der Waals surface area contributed by atoms with E-state index in [1.54, 1.807) is 28.6 Å². The second-order valence-corrected chi connectivity index (χ2v) is 12.9. The number of nitrogens with zero attached hydrogens (tertiary/aromatic N) is 3. The normalized spacial score (nSPS) is 15.7. The van der Waals surface area contributed by atoms with Crippen LogP contribution < -0.4 is 0 Å². The Morgan fingerprint density at radius 2 is 1.57 bits per heavy atom. The van der Waals surface area contributed by atoms with E-state index < -0.39 is 10.0 Å². The lowest BCUT2D eigenvalue weighted by Crippen LogP contribution is -2.50. The van der Waals surface area contributed by atoms with Crippen molar-refractivity contribution in [3.05, 3.63) is 78.1 Å². The molecule has 0 spiro atoms. The largest absolute Gasteiger partial charge is 0.337 e. The minimum absolute atomic E-state index is 0.0642. The third kappa shape index (κ3) is 7.15. The van der Waals surface area contributed by atoms with E-state index in [2.05, 4.69) is 4.90 Å². The Morgan fingerprint density at radius 1 is 0.919 bits per heavy atom. The maximum Gasteiger partial charge on any atom is 0.243 e. The van der Waals surface area contributed by atoms with E-state index >= 15 is 0 Å². The first-order valence-corrected chi connectivity index (χ1v) is 14.2. The Hall–Kier alpha value is -2.81. The number of carbonyl (C=O) groups excluding carboxylic acids is 1. The molecule has 0 bridgehead atoms. The lowest BCUT2D eigenvalue weighted by molar-refractivity contribution is -0.134. The van der Waals surface area contributed by atoms with Crippen LogP contribution in [0.25, 0.3) is 10.8 Å². The summed E-state index contributed by atoms with van der Waals surface area (Å²) in [6.07, 6.45) is 0.423. The van der Waals surface area contributed by atoms with Gasteiger partial charge < -0.3 is 4.90 Å². The summed E-state index contributed by atoms with van der Waals surface area (Å²) >= 11 is 0. The Morgan fingerprint density at radius 3 is 2.22 bits per heavy atom. The van der Waals surface area contributed by atoms with E-state index in [0.717, 1.165) is 16.3 Å². The van der Waals surface area contributed by atoms with Crippen LogP contribution in [0.5, 0.6) is 0 Å². The molecule has 1 aliphatic heterocycles. The van der Waals surface area contributed by atoms with Crippen LogP contribution in [0.3, 0.4) is 0 Å². The molecule has 37 heavy (non-hydrogen) atoms. The summed E-state index contributed by atoms with van der Waals surface area (Å²) in [5.41, 5.74) is 0.746. The smallest absolute Gasteiger partial charge is 0.243 e. The molecular weight excluding hydrogens is 489 g/mol. The van der Waals surface area contributed by atoms with Gasteiger partial charge in [0.05, 0.1) is 4.90 Å². The molecule has 3 aromatic carbocycles. The van der Waals surface area contributed by atoms with Crippen molar-refractivity contribution in [1.29, 1.82) is 0 Å². The van der Waals surface area contributed by atoms with Gasteiger partial charge in [0.1, 0.15) is 5.82 Å². The van der Waals surface area contributed by atoms with Crippen molar-refractivity contribution in [3.63, 3.8) is 0 Å². The molecule has 8 heteroatoms. The van der Waals surface area contributed by atoms with Crippen LogP contribution in [0.4, 0.5) is 4.39 Å². The molecule has 4 rings (SSSR count). The summed E-state index contributed by atoms with van der Waals surface area (Å²) in [5, 5.41) is 1.92. The van der Waals surface area contributed by atoms with Crippen molar-refractivity contribution in [1.82, 2.24) is 14.1 Å². The number of fused-ring (bicyclic) bond motifs is 1. The molecule has 6 nitrogen and oxygen atoms in total. The monoisotopic (exact) mass is 525 g/mol. The second-order valence-electron chi connectivity index (χ2n) is 10.9. The number of amides is 1. The quantitative estimate of drug-likeness (QED) is 0.426. The number of piperazine rings is 1. The van der Waals surface area contributed by atoms with E-state index in [0.29, 0.717) is 57.1 Å².